The number of carbonyl (C=O) groups excluding carboxylic acids is 1. The Morgan fingerprint density at radius 2 is 2.00 bits per heavy atom. The first-order chi connectivity index (χ1) is 15.4. The van der Waals surface area contributed by atoms with Crippen molar-refractivity contribution in [2.45, 2.75) is 6.54 Å². The molecule has 3 heterocycles. The molecule has 1 aliphatic heterocycles. The number of morpholine rings is 1. The van der Waals surface area contributed by atoms with E-state index >= 15 is 0 Å². The summed E-state index contributed by atoms with van der Waals surface area (Å²) in [5.41, 5.74) is 9.38. The Kier molecular flexibility index (Phi) is 6.78. The van der Waals surface area contributed by atoms with Crippen molar-refractivity contribution >= 4 is 49.8 Å². The van der Waals surface area contributed by atoms with Gasteiger partial charge in [0.25, 0.3) is 5.91 Å². The molecule has 1 aromatic carbocycles. The zero-order chi connectivity index (χ0) is 22.7. The number of phenols is 1. The third kappa shape index (κ3) is 4.79. The van der Waals surface area contributed by atoms with Gasteiger partial charge in [0, 0.05) is 19.6 Å². The van der Waals surface area contributed by atoms with Crippen molar-refractivity contribution < 1.29 is 19.3 Å². The number of hydrogen-bond acceptors (Lipinski definition) is 11. The second kappa shape index (κ2) is 9.72. The van der Waals surface area contributed by atoms with Gasteiger partial charge >= 0.3 is 0 Å². The number of rotatable bonds is 6. The Morgan fingerprint density at radius 3 is 2.66 bits per heavy atom. The maximum absolute atomic E-state index is 13.0. The van der Waals surface area contributed by atoms with Gasteiger partial charge in [-0.25, -0.2) is 10.1 Å². The SMILES string of the molecule is Nc1nonc1-n1nnc(CN2CCOCC2)c1C(=O)NN=Cc1cc(Br)c(O)c(Br)c1. The number of amides is 1. The van der Waals surface area contributed by atoms with Gasteiger partial charge in [0.2, 0.25) is 11.6 Å². The molecule has 13 nitrogen and oxygen atoms in total. The third-order valence-electron chi connectivity index (χ3n) is 4.55. The third-order valence-corrected chi connectivity index (χ3v) is 5.76. The molecule has 1 amide bonds. The van der Waals surface area contributed by atoms with Gasteiger partial charge in [0.15, 0.2) is 5.69 Å². The van der Waals surface area contributed by atoms with Gasteiger partial charge in [-0.1, -0.05) is 5.21 Å². The van der Waals surface area contributed by atoms with E-state index in [-0.39, 0.29) is 23.1 Å². The van der Waals surface area contributed by atoms with Crippen LogP contribution in [0.4, 0.5) is 5.82 Å². The van der Waals surface area contributed by atoms with Gasteiger partial charge in [-0.2, -0.15) is 9.78 Å². The van der Waals surface area contributed by atoms with E-state index in [1.165, 1.54) is 10.9 Å². The quantitative estimate of drug-likeness (QED) is 0.287. The van der Waals surface area contributed by atoms with Crippen LogP contribution in [0.1, 0.15) is 21.7 Å². The van der Waals surface area contributed by atoms with Gasteiger partial charge in [-0.3, -0.25) is 9.69 Å². The van der Waals surface area contributed by atoms with Crippen LogP contribution in [0.5, 0.6) is 5.75 Å². The van der Waals surface area contributed by atoms with E-state index in [0.29, 0.717) is 53.1 Å². The summed E-state index contributed by atoms with van der Waals surface area (Å²) in [6.07, 6.45) is 1.43. The molecule has 0 spiro atoms. The maximum atomic E-state index is 13.0. The molecule has 32 heavy (non-hydrogen) atoms. The molecule has 4 N–H and O–H groups in total. The summed E-state index contributed by atoms with van der Waals surface area (Å²) in [7, 11) is 0. The predicted molar refractivity (Wildman–Crippen MR) is 118 cm³/mol. The minimum Gasteiger partial charge on any atom is -0.506 e. The number of nitrogens with two attached hydrogens (primary N) is 1. The van der Waals surface area contributed by atoms with Crippen LogP contribution in [-0.2, 0) is 11.3 Å². The number of nitrogen functional groups attached to an aromatic ring is 1. The molecule has 0 unspecified atom stereocenters. The lowest BCUT2D eigenvalue weighted by atomic mass is 10.2. The first kappa shape index (κ1) is 22.3. The second-order valence-corrected chi connectivity index (χ2v) is 8.40. The van der Waals surface area contributed by atoms with E-state index in [1.807, 2.05) is 0 Å². The predicted octanol–water partition coefficient (Wildman–Crippen LogP) is 1.06. The molecular weight excluding hydrogens is 554 g/mol. The fraction of sp³-hybridized carbons (Fsp3) is 0.294. The van der Waals surface area contributed by atoms with Crippen LogP contribution < -0.4 is 11.2 Å². The Morgan fingerprint density at radius 1 is 1.28 bits per heavy atom. The summed E-state index contributed by atoms with van der Waals surface area (Å²) in [6.45, 7) is 2.96. The van der Waals surface area contributed by atoms with Crippen molar-refractivity contribution in [3.8, 4) is 11.6 Å². The van der Waals surface area contributed by atoms with Gasteiger partial charge in [-0.05, 0) is 59.9 Å². The number of anilines is 1. The number of benzene rings is 1. The number of nitrogens with one attached hydrogen (secondary N) is 1. The molecule has 0 bridgehead atoms. The van der Waals surface area contributed by atoms with Gasteiger partial charge in [0.05, 0.1) is 28.4 Å². The van der Waals surface area contributed by atoms with E-state index in [0.717, 1.165) is 0 Å². The Bertz CT molecular complexity index is 1130. The Labute approximate surface area is 197 Å². The molecule has 1 aliphatic rings. The van der Waals surface area contributed by atoms with E-state index in [9.17, 15) is 9.90 Å². The Hall–Kier alpha value is -2.88. The van der Waals surface area contributed by atoms with Crippen LogP contribution in [0, 0.1) is 0 Å². The fourth-order valence-corrected chi connectivity index (χ4v) is 4.20. The smallest absolute Gasteiger partial charge is 0.292 e. The molecule has 1 saturated heterocycles. The zero-order valence-electron chi connectivity index (χ0n) is 16.4. The molecule has 1 fully saturated rings. The summed E-state index contributed by atoms with van der Waals surface area (Å²) >= 11 is 6.50. The van der Waals surface area contributed by atoms with E-state index in [2.05, 4.69) is 72.5 Å². The molecule has 0 saturated carbocycles. The van der Waals surface area contributed by atoms with Crippen LogP contribution in [0.2, 0.25) is 0 Å². The summed E-state index contributed by atoms with van der Waals surface area (Å²) in [5, 5.41) is 29.2. The average molecular weight is 571 g/mol. The van der Waals surface area contributed by atoms with Gasteiger partial charge < -0.3 is 15.6 Å². The lowest BCUT2D eigenvalue weighted by Gasteiger charge is -2.25. The number of aromatic hydroxyl groups is 1. The zero-order valence-corrected chi connectivity index (χ0v) is 19.6. The number of nitrogens with zero attached hydrogens (tertiary/aromatic N) is 7. The van der Waals surface area contributed by atoms with Gasteiger partial charge in [-0.15, -0.1) is 5.10 Å². The highest BCUT2D eigenvalue weighted by Gasteiger charge is 2.26. The molecule has 15 heteroatoms. The number of phenolic OH excluding ortho intramolecular Hbond substituents is 1. The molecule has 168 valence electrons. The van der Waals surface area contributed by atoms with E-state index < -0.39 is 5.91 Å². The first-order valence-corrected chi connectivity index (χ1v) is 10.9. The monoisotopic (exact) mass is 569 g/mol. The normalized spacial score (nSPS) is 14.8. The highest BCUT2D eigenvalue weighted by atomic mass is 79.9. The van der Waals surface area contributed by atoms with Gasteiger partial charge in [0.1, 0.15) is 11.4 Å². The summed E-state index contributed by atoms with van der Waals surface area (Å²) in [5.74, 6) is -0.503. The van der Waals surface area contributed by atoms with E-state index in [4.69, 9.17) is 10.5 Å². The number of aromatic nitrogens is 5. The molecule has 3 aromatic rings. The maximum Gasteiger partial charge on any atom is 0.292 e. The van der Waals surface area contributed by atoms with Crippen molar-refractivity contribution in [3.63, 3.8) is 0 Å². The van der Waals surface area contributed by atoms with Crippen LogP contribution in [0.3, 0.4) is 0 Å². The van der Waals surface area contributed by atoms with Crippen molar-refractivity contribution in [2.24, 2.45) is 5.10 Å². The lowest BCUT2D eigenvalue weighted by Crippen LogP contribution is -2.36. The second-order valence-electron chi connectivity index (χ2n) is 6.69. The van der Waals surface area contributed by atoms with Crippen LogP contribution in [-0.4, -0.2) is 73.7 Å². The van der Waals surface area contributed by atoms with Crippen LogP contribution in [0.25, 0.3) is 5.82 Å². The highest BCUT2D eigenvalue weighted by molar-refractivity contribution is 9.11. The first-order valence-electron chi connectivity index (χ1n) is 9.28. The molecule has 0 aliphatic carbocycles. The van der Waals surface area contributed by atoms with Crippen molar-refractivity contribution in [2.75, 3.05) is 32.0 Å². The lowest BCUT2D eigenvalue weighted by molar-refractivity contribution is 0.0335. The number of hydrazone groups is 1. The van der Waals surface area contributed by atoms with Crippen molar-refractivity contribution in [1.82, 2.24) is 35.6 Å². The number of carbonyl (C=O) groups is 1. The average Bonchev–Trinajstić information content (AvgIpc) is 3.38. The topological polar surface area (TPSA) is 170 Å². The highest BCUT2D eigenvalue weighted by Crippen LogP contribution is 2.32. The standard InChI is InChI=1S/C17H17Br2N9O4/c18-10-5-9(6-11(19)14(10)29)7-21-23-17(30)13-12(8-27-1-3-31-4-2-27)22-26-28(13)16-15(20)24-32-25-16/h5-7,29H,1-4,8H2,(H2,20,24)(H,23,30). The minimum atomic E-state index is -0.575. The van der Waals surface area contributed by atoms with Crippen molar-refractivity contribution in [3.05, 3.63) is 38.0 Å². The van der Waals surface area contributed by atoms with Crippen LogP contribution >= 0.6 is 31.9 Å². The number of ether oxygens (including phenoxy) is 1. The number of halogens is 2. The Balaban J connectivity index is 1.59. The summed E-state index contributed by atoms with van der Waals surface area (Å²) < 4.78 is 12.1. The summed E-state index contributed by atoms with van der Waals surface area (Å²) in [6, 6.07) is 3.29. The van der Waals surface area contributed by atoms with Crippen LogP contribution in [0.15, 0.2) is 30.8 Å². The minimum absolute atomic E-state index is 0.0378. The molecule has 4 rings (SSSR count). The molecule has 2 aromatic heterocycles. The summed E-state index contributed by atoms with van der Waals surface area (Å²) in [4.78, 5) is 15.1. The molecule has 0 atom stereocenters. The molecule has 0 radical (unpaired) electrons. The fourth-order valence-electron chi connectivity index (χ4n) is 2.98. The largest absolute Gasteiger partial charge is 0.506 e. The van der Waals surface area contributed by atoms with Crippen molar-refractivity contribution in [1.29, 1.82) is 0 Å². The molecular formula is C17H17Br2N9O4. The number of hydrogen-bond donors (Lipinski definition) is 3. The van der Waals surface area contributed by atoms with E-state index in [1.54, 1.807) is 12.1 Å².